The van der Waals surface area contributed by atoms with Crippen molar-refractivity contribution in [1.29, 1.82) is 0 Å². The Morgan fingerprint density at radius 1 is 1.00 bits per heavy atom. The molecule has 1 saturated heterocycles. The number of carbonyl (C=O) groups excluding carboxylic acids is 2. The molecule has 5 rings (SSSR count). The summed E-state index contributed by atoms with van der Waals surface area (Å²) in [6, 6.07) is 16.3. The van der Waals surface area contributed by atoms with Crippen LogP contribution in [0.2, 0.25) is 0 Å². The highest BCUT2D eigenvalue weighted by molar-refractivity contribution is 6.13. The van der Waals surface area contributed by atoms with E-state index in [-0.39, 0.29) is 0 Å². The van der Waals surface area contributed by atoms with E-state index in [2.05, 4.69) is 15.3 Å². The molecular formula is C36H38N4O6. The minimum absolute atomic E-state index is 0.326. The summed E-state index contributed by atoms with van der Waals surface area (Å²) in [5, 5.41) is 3.61. The van der Waals surface area contributed by atoms with Gasteiger partial charge in [0.25, 0.3) is 5.91 Å². The lowest BCUT2D eigenvalue weighted by atomic mass is 9.99. The van der Waals surface area contributed by atoms with Crippen LogP contribution in [0.1, 0.15) is 24.0 Å². The Balaban J connectivity index is 1.36. The van der Waals surface area contributed by atoms with Gasteiger partial charge in [-0.15, -0.1) is 0 Å². The Hall–Kier alpha value is -5.22. The average Bonchev–Trinajstić information content (AvgIpc) is 3.07. The van der Waals surface area contributed by atoms with Gasteiger partial charge < -0.3 is 29.2 Å². The summed E-state index contributed by atoms with van der Waals surface area (Å²) in [7, 11) is 5.07. The number of carbonyl (C=O) groups is 2. The van der Waals surface area contributed by atoms with Gasteiger partial charge in [0.1, 0.15) is 17.3 Å². The summed E-state index contributed by atoms with van der Waals surface area (Å²) in [6.07, 6.45) is 9.27. The van der Waals surface area contributed by atoms with Gasteiger partial charge in [-0.05, 0) is 61.6 Å². The van der Waals surface area contributed by atoms with Gasteiger partial charge in [-0.1, -0.05) is 29.8 Å². The number of benzene rings is 2. The second-order valence-electron chi connectivity index (χ2n) is 11.1. The highest BCUT2D eigenvalue weighted by Gasteiger charge is 2.17. The van der Waals surface area contributed by atoms with Crippen LogP contribution < -0.4 is 19.5 Å². The van der Waals surface area contributed by atoms with Crippen LogP contribution in [0.3, 0.4) is 0 Å². The monoisotopic (exact) mass is 622 g/mol. The van der Waals surface area contributed by atoms with Gasteiger partial charge in [0, 0.05) is 56.2 Å². The van der Waals surface area contributed by atoms with Crippen molar-refractivity contribution < 1.29 is 28.5 Å². The van der Waals surface area contributed by atoms with E-state index < -0.39 is 5.91 Å². The number of fused-ring (bicyclic) bond motifs is 1. The van der Waals surface area contributed by atoms with Gasteiger partial charge in [0.15, 0.2) is 17.8 Å². The molecule has 4 aromatic rings. The topological polar surface area (TPSA) is 112 Å². The molecular weight excluding hydrogens is 584 g/mol. The van der Waals surface area contributed by atoms with Gasteiger partial charge in [0.05, 0.1) is 31.5 Å². The molecule has 0 spiro atoms. The molecule has 10 nitrogen and oxygen atoms in total. The van der Waals surface area contributed by atoms with Gasteiger partial charge >= 0.3 is 0 Å². The normalized spacial score (nSPS) is 14.1. The summed E-state index contributed by atoms with van der Waals surface area (Å²) in [5.41, 5.74) is 3.21. The number of ether oxygens (including phenoxy) is 4. The third-order valence-corrected chi connectivity index (χ3v) is 7.74. The van der Waals surface area contributed by atoms with Gasteiger partial charge in [-0.2, -0.15) is 0 Å². The quantitative estimate of drug-likeness (QED) is 0.112. The number of aldehydes is 1. The number of aromatic nitrogens is 2. The fourth-order valence-electron chi connectivity index (χ4n) is 5.25. The zero-order valence-electron chi connectivity index (χ0n) is 26.5. The van der Waals surface area contributed by atoms with Crippen molar-refractivity contribution in [3.8, 4) is 23.0 Å². The molecule has 1 fully saturated rings. The molecule has 0 aliphatic carbocycles. The number of nitrogens with one attached hydrogen (secondary N) is 1. The molecule has 1 amide bonds. The minimum Gasteiger partial charge on any atom is -0.493 e. The number of allylic oxidation sites excluding steroid dienone is 1. The molecule has 0 unspecified atom stereocenters. The predicted molar refractivity (Wildman–Crippen MR) is 177 cm³/mol. The lowest BCUT2D eigenvalue weighted by molar-refractivity contribution is -0.112. The Kier molecular flexibility index (Phi) is 10.6. The number of hydrogen-bond acceptors (Lipinski definition) is 9. The van der Waals surface area contributed by atoms with E-state index >= 15 is 0 Å². The van der Waals surface area contributed by atoms with Crippen LogP contribution in [0.4, 0.5) is 5.82 Å². The molecule has 2 aromatic heterocycles. The number of hydrogen-bond donors (Lipinski definition) is 1. The SMILES string of the molecule is COc1cc2nccc(Oc3ccc(NC(=O)C(/C=C(\C=O)c4ccc(C)cc4)=C/N(C)CC4CCOCC4)nc3)c2cc1OC. The van der Waals surface area contributed by atoms with E-state index in [1.54, 1.807) is 57.0 Å². The summed E-state index contributed by atoms with van der Waals surface area (Å²) >= 11 is 0. The molecule has 0 bridgehead atoms. The van der Waals surface area contributed by atoms with E-state index in [0.29, 0.717) is 51.4 Å². The molecule has 46 heavy (non-hydrogen) atoms. The van der Waals surface area contributed by atoms with E-state index in [1.165, 1.54) is 6.20 Å². The Morgan fingerprint density at radius 3 is 2.41 bits per heavy atom. The fraction of sp³-hybridized carbons (Fsp3) is 0.278. The molecule has 0 radical (unpaired) electrons. The first-order chi connectivity index (χ1) is 22.4. The standard InChI is InChI=1S/C36H38N4O6/c1-24-5-7-26(8-6-24)28(23-41)17-27(22-40(2)21-25-12-15-45-16-13-25)36(42)39-35-10-9-29(20-38-35)46-32-11-14-37-31-19-34(44-4)33(43-3)18-30(31)32/h5-11,14,17-20,22-23,25H,12-13,15-16,21H2,1-4H3,(H,38,39,42)/b27-22+,28-17+. The highest BCUT2D eigenvalue weighted by atomic mass is 16.5. The lowest BCUT2D eigenvalue weighted by Gasteiger charge is -2.26. The number of nitrogens with zero attached hydrogens (tertiary/aromatic N) is 3. The van der Waals surface area contributed by atoms with E-state index in [0.717, 1.165) is 55.4 Å². The van der Waals surface area contributed by atoms with Crippen molar-refractivity contribution in [2.45, 2.75) is 19.8 Å². The minimum atomic E-state index is -0.396. The maximum Gasteiger partial charge on any atom is 0.258 e. The first kappa shape index (κ1) is 32.2. The zero-order valence-corrected chi connectivity index (χ0v) is 26.5. The zero-order chi connectivity index (χ0) is 32.5. The first-order valence-corrected chi connectivity index (χ1v) is 15.1. The Morgan fingerprint density at radius 2 is 1.74 bits per heavy atom. The predicted octanol–water partition coefficient (Wildman–Crippen LogP) is 6.21. The van der Waals surface area contributed by atoms with Crippen LogP contribution in [0.5, 0.6) is 23.0 Å². The summed E-state index contributed by atoms with van der Waals surface area (Å²) < 4.78 is 22.5. The van der Waals surface area contributed by atoms with E-state index in [1.807, 2.05) is 49.2 Å². The van der Waals surface area contributed by atoms with E-state index in [9.17, 15) is 9.59 Å². The fourth-order valence-corrected chi connectivity index (χ4v) is 5.25. The molecule has 1 aliphatic rings. The van der Waals surface area contributed by atoms with Crippen LogP contribution >= 0.6 is 0 Å². The second kappa shape index (κ2) is 15.2. The summed E-state index contributed by atoms with van der Waals surface area (Å²) in [6.45, 7) is 4.23. The van der Waals surface area contributed by atoms with E-state index in [4.69, 9.17) is 18.9 Å². The number of amides is 1. The second-order valence-corrected chi connectivity index (χ2v) is 11.1. The Bertz CT molecular complexity index is 1730. The maximum absolute atomic E-state index is 13.6. The van der Waals surface area contributed by atoms with Gasteiger partial charge in [0.2, 0.25) is 0 Å². The number of methoxy groups -OCH3 is 2. The van der Waals surface area contributed by atoms with Crippen molar-refractivity contribution in [1.82, 2.24) is 14.9 Å². The molecule has 10 heteroatoms. The molecule has 1 aliphatic heterocycles. The average molecular weight is 623 g/mol. The van der Waals surface area contributed by atoms with Crippen molar-refractivity contribution in [2.24, 2.45) is 5.92 Å². The van der Waals surface area contributed by atoms with Gasteiger partial charge in [-0.3, -0.25) is 14.6 Å². The van der Waals surface area contributed by atoms with Crippen LogP contribution in [0.15, 0.2) is 84.8 Å². The lowest BCUT2D eigenvalue weighted by Crippen LogP contribution is -2.27. The summed E-state index contributed by atoms with van der Waals surface area (Å²) in [4.78, 5) is 36.6. The van der Waals surface area contributed by atoms with Crippen LogP contribution in [0, 0.1) is 12.8 Å². The highest BCUT2D eigenvalue weighted by Crippen LogP contribution is 2.36. The third kappa shape index (κ3) is 8.08. The molecule has 0 saturated carbocycles. The van der Waals surface area contributed by atoms with Crippen LogP contribution in [0.25, 0.3) is 16.5 Å². The molecule has 0 atom stereocenters. The smallest absolute Gasteiger partial charge is 0.258 e. The van der Waals surface area contributed by atoms with Crippen molar-refractivity contribution in [2.75, 3.05) is 46.3 Å². The number of aryl methyl sites for hydroxylation is 1. The molecule has 238 valence electrons. The first-order valence-electron chi connectivity index (χ1n) is 15.1. The molecule has 2 aromatic carbocycles. The number of pyridine rings is 2. The molecule has 3 heterocycles. The Labute approximate surface area is 268 Å². The third-order valence-electron chi connectivity index (χ3n) is 7.74. The number of rotatable bonds is 12. The van der Waals surface area contributed by atoms with Crippen molar-refractivity contribution in [3.05, 3.63) is 96.0 Å². The van der Waals surface area contributed by atoms with Gasteiger partial charge in [-0.25, -0.2) is 4.98 Å². The van der Waals surface area contributed by atoms with Crippen LogP contribution in [-0.4, -0.2) is 68.1 Å². The summed E-state index contributed by atoms with van der Waals surface area (Å²) in [5.74, 6) is 2.55. The van der Waals surface area contributed by atoms with Crippen LogP contribution in [-0.2, 0) is 14.3 Å². The maximum atomic E-state index is 13.6. The largest absolute Gasteiger partial charge is 0.493 e. The van der Waals surface area contributed by atoms with Crippen molar-refractivity contribution in [3.63, 3.8) is 0 Å². The molecule has 1 N–H and O–H groups in total. The number of anilines is 1. The van der Waals surface area contributed by atoms with Crippen molar-refractivity contribution >= 4 is 34.5 Å².